The van der Waals surface area contributed by atoms with Gasteiger partial charge in [-0.3, -0.25) is 4.79 Å². The number of carbonyl (C=O) groups is 1. The fraction of sp³-hybridized carbons (Fsp3) is 0.364. The fourth-order valence-electron chi connectivity index (χ4n) is 1.24. The molecule has 0 N–H and O–H groups in total. The maximum atomic E-state index is 11.4. The monoisotopic (exact) mass is 179 g/mol. The first kappa shape index (κ1) is 5.43. The van der Waals surface area contributed by atoms with E-state index in [1.165, 1.54) is 7.11 Å². The predicted octanol–water partition coefficient (Wildman–Crippen LogP) is 1.96. The van der Waals surface area contributed by atoms with Crippen LogP contribution in [-0.4, -0.2) is 13.1 Å². The van der Waals surface area contributed by atoms with Gasteiger partial charge in [-0.05, 0) is 17.9 Å². The maximum absolute atomic E-state index is 11.4. The Bertz CT molecular complexity index is 422. The van der Waals surface area contributed by atoms with Gasteiger partial charge in [0.1, 0.15) is 0 Å². The molecule has 13 heavy (non-hydrogen) atoms. The highest BCUT2D eigenvalue weighted by molar-refractivity contribution is 5.77. The van der Waals surface area contributed by atoms with Gasteiger partial charge in [0.2, 0.25) is 0 Å². The number of rotatable bonds is 2. The van der Waals surface area contributed by atoms with E-state index in [1.807, 2.05) is 0 Å². The first-order chi connectivity index (χ1) is 7.49. The van der Waals surface area contributed by atoms with E-state index in [1.54, 1.807) is 30.3 Å². The molecule has 0 bridgehead atoms. The van der Waals surface area contributed by atoms with Crippen LogP contribution in [0.5, 0.6) is 0 Å². The molecule has 0 unspecified atom stereocenters. The van der Waals surface area contributed by atoms with Crippen molar-refractivity contribution >= 4 is 5.97 Å². The minimum Gasteiger partial charge on any atom is -0.469 e. The Balaban J connectivity index is 2.40. The van der Waals surface area contributed by atoms with Gasteiger partial charge >= 0.3 is 5.97 Å². The van der Waals surface area contributed by atoms with Crippen molar-refractivity contribution in [1.82, 2.24) is 0 Å². The van der Waals surface area contributed by atoms with Gasteiger partial charge in [-0.2, -0.15) is 0 Å². The van der Waals surface area contributed by atoms with Crippen molar-refractivity contribution < 1.29 is 13.6 Å². The lowest BCUT2D eigenvalue weighted by Crippen LogP contribution is -2.03. The summed E-state index contributed by atoms with van der Waals surface area (Å²) in [5.41, 5.74) is 0.510. The van der Waals surface area contributed by atoms with Crippen LogP contribution in [0.2, 0.25) is 0 Å². The van der Waals surface area contributed by atoms with Gasteiger partial charge in [-0.1, -0.05) is 30.3 Å². The minimum absolute atomic E-state index is 0.510. The molecular formula is C11H12O2. The molecule has 3 atom stereocenters. The van der Waals surface area contributed by atoms with Crippen LogP contribution < -0.4 is 0 Å². The standard InChI is InChI=1S/C11H12O2/c1-13-11(12)10-7-9(10)8-5-3-2-4-6-8/h2-6,9-10H,7H2,1H3/t9-,10+/m1/s1/i7D,9D,10D/t7-,9+,10-/m0. The number of carbonyl (C=O) groups excluding carboxylic acids is 1. The Morgan fingerprint density at radius 2 is 2.31 bits per heavy atom. The molecule has 0 aliphatic heterocycles. The van der Waals surface area contributed by atoms with Crippen molar-refractivity contribution in [2.24, 2.45) is 5.89 Å². The van der Waals surface area contributed by atoms with E-state index in [9.17, 15) is 4.79 Å². The molecule has 1 aliphatic carbocycles. The second-order valence-electron chi connectivity index (χ2n) is 2.83. The third kappa shape index (κ3) is 1.57. The first-order valence-corrected chi connectivity index (χ1v) is 4.05. The summed E-state index contributed by atoms with van der Waals surface area (Å²) in [6.07, 6.45) is -1.10. The molecule has 1 saturated carbocycles. The lowest BCUT2D eigenvalue weighted by Gasteiger charge is -1.98. The Hall–Kier alpha value is -1.31. The molecule has 2 heteroatoms. The molecule has 0 radical (unpaired) electrons. The van der Waals surface area contributed by atoms with E-state index in [-0.39, 0.29) is 0 Å². The number of benzene rings is 1. The van der Waals surface area contributed by atoms with Crippen LogP contribution in [0.3, 0.4) is 0 Å². The van der Waals surface area contributed by atoms with Crippen LogP contribution in [0.15, 0.2) is 30.3 Å². The molecule has 0 saturated heterocycles. The quantitative estimate of drug-likeness (QED) is 0.649. The molecule has 1 aromatic carbocycles. The number of esters is 1. The molecule has 1 aliphatic rings. The van der Waals surface area contributed by atoms with Gasteiger partial charge in [0.05, 0.1) is 13.0 Å². The average molecular weight is 179 g/mol. The molecule has 0 aromatic heterocycles. The normalized spacial score (nSPS) is 45.6. The topological polar surface area (TPSA) is 26.3 Å². The lowest BCUT2D eigenvalue weighted by atomic mass is 10.1. The fourth-order valence-corrected chi connectivity index (χ4v) is 1.24. The highest BCUT2D eigenvalue weighted by Gasteiger charge is 2.44. The Labute approximate surface area is 81.7 Å². The third-order valence-corrected chi connectivity index (χ3v) is 1.99. The molecule has 68 valence electrons. The van der Waals surface area contributed by atoms with E-state index in [2.05, 4.69) is 4.74 Å². The van der Waals surface area contributed by atoms with Crippen LogP contribution in [0.1, 0.15) is 22.0 Å². The smallest absolute Gasteiger partial charge is 0.309 e. The molecule has 0 spiro atoms. The number of hydrogen-bond acceptors (Lipinski definition) is 2. The highest BCUT2D eigenvalue weighted by Crippen LogP contribution is 2.47. The van der Waals surface area contributed by atoms with Gasteiger partial charge in [0.25, 0.3) is 0 Å². The van der Waals surface area contributed by atoms with Crippen molar-refractivity contribution in [3.8, 4) is 0 Å². The van der Waals surface area contributed by atoms with Crippen LogP contribution in [0, 0.1) is 5.89 Å². The largest absolute Gasteiger partial charge is 0.469 e. The van der Waals surface area contributed by atoms with Gasteiger partial charge in [-0.15, -0.1) is 0 Å². The Morgan fingerprint density at radius 3 is 2.92 bits per heavy atom. The number of ether oxygens (including phenoxy) is 1. The van der Waals surface area contributed by atoms with E-state index in [4.69, 9.17) is 4.11 Å². The maximum Gasteiger partial charge on any atom is 0.309 e. The summed E-state index contributed by atoms with van der Waals surface area (Å²) in [7, 11) is 1.18. The zero-order valence-corrected chi connectivity index (χ0v) is 7.28. The third-order valence-electron chi connectivity index (χ3n) is 1.99. The van der Waals surface area contributed by atoms with Gasteiger partial charge in [-0.25, -0.2) is 0 Å². The second-order valence-corrected chi connectivity index (χ2v) is 2.83. The van der Waals surface area contributed by atoms with Crippen LogP contribution in [0.25, 0.3) is 0 Å². The van der Waals surface area contributed by atoms with E-state index in [0.29, 0.717) is 5.56 Å². The van der Waals surface area contributed by atoms with Crippen molar-refractivity contribution in [3.05, 3.63) is 35.9 Å². The molecule has 2 rings (SSSR count). The average Bonchev–Trinajstić information content (AvgIpc) is 2.78. The minimum atomic E-state index is -1.80. The number of methoxy groups -OCH3 is 1. The van der Waals surface area contributed by atoms with Crippen molar-refractivity contribution in [2.75, 3.05) is 7.11 Å². The highest BCUT2D eigenvalue weighted by atomic mass is 16.5. The summed E-state index contributed by atoms with van der Waals surface area (Å²) in [5, 5.41) is 0. The summed E-state index contributed by atoms with van der Waals surface area (Å²) in [6, 6.07) is 8.57. The Morgan fingerprint density at radius 1 is 1.62 bits per heavy atom. The molecule has 0 amide bonds. The summed E-state index contributed by atoms with van der Waals surface area (Å²) in [4.78, 5) is 11.4. The van der Waals surface area contributed by atoms with E-state index < -0.39 is 24.2 Å². The zero-order chi connectivity index (χ0) is 12.0. The van der Waals surface area contributed by atoms with E-state index >= 15 is 0 Å². The Kier molecular flexibility index (Phi) is 1.34. The van der Waals surface area contributed by atoms with E-state index in [0.717, 1.165) is 0 Å². The van der Waals surface area contributed by atoms with Crippen molar-refractivity contribution in [1.29, 1.82) is 0 Å². The zero-order valence-electron chi connectivity index (χ0n) is 10.3. The summed E-state index contributed by atoms with van der Waals surface area (Å²) in [5.74, 6) is -4.13. The lowest BCUT2D eigenvalue weighted by molar-refractivity contribution is -0.142. The van der Waals surface area contributed by atoms with Gasteiger partial charge in [0, 0.05) is 4.11 Å². The SMILES string of the molecule is [2H][C@@H]1[C@]([2H])(C(=O)OC)[C@@]1([2H])c1ccccc1. The second kappa shape index (κ2) is 3.21. The molecule has 0 heterocycles. The molecule has 1 fully saturated rings. The molecule has 1 aromatic rings. The first-order valence-electron chi connectivity index (χ1n) is 5.63. The molecule has 2 nitrogen and oxygen atoms in total. The van der Waals surface area contributed by atoms with Gasteiger partial charge in [0.15, 0.2) is 0 Å². The van der Waals surface area contributed by atoms with Crippen molar-refractivity contribution in [2.45, 2.75) is 12.3 Å². The summed E-state index contributed by atoms with van der Waals surface area (Å²) < 4.78 is 28.2. The molecular weight excluding hydrogens is 164 g/mol. The predicted molar refractivity (Wildman–Crippen MR) is 49.3 cm³/mol. The van der Waals surface area contributed by atoms with Crippen LogP contribution in [-0.2, 0) is 9.53 Å². The van der Waals surface area contributed by atoms with Gasteiger partial charge < -0.3 is 4.74 Å². The van der Waals surface area contributed by atoms with Crippen LogP contribution in [0.4, 0.5) is 0 Å². The number of hydrogen-bond donors (Lipinski definition) is 0. The summed E-state index contributed by atoms with van der Waals surface area (Å²) >= 11 is 0. The summed E-state index contributed by atoms with van der Waals surface area (Å²) in [6.45, 7) is 0. The van der Waals surface area contributed by atoms with Crippen molar-refractivity contribution in [3.63, 3.8) is 0 Å². The van der Waals surface area contributed by atoms with Crippen LogP contribution >= 0.6 is 0 Å².